The van der Waals surface area contributed by atoms with Gasteiger partial charge >= 0.3 is 0 Å². The average molecular weight is 411 g/mol. The topological polar surface area (TPSA) is 67.6 Å². The first kappa shape index (κ1) is 21.5. The zero-order valence-corrected chi connectivity index (χ0v) is 17.6. The van der Waals surface area contributed by atoms with Crippen molar-refractivity contribution < 1.29 is 18.4 Å². The van der Waals surface area contributed by atoms with Crippen LogP contribution >= 0.6 is 0 Å². The third kappa shape index (κ3) is 5.04. The standard InChI is InChI=1S/C23H26FN3O3/c1-15-20(16(2)30-26-15)14-29-22-11-6-5-10-19(22)23(28)25-13-21(27(3)4)17-8-7-9-18(24)12-17/h5-12,21H,13-14H2,1-4H3,(H,25,28). The summed E-state index contributed by atoms with van der Waals surface area (Å²) >= 11 is 0. The molecule has 3 rings (SSSR count). The number of hydrogen-bond acceptors (Lipinski definition) is 5. The molecular weight excluding hydrogens is 385 g/mol. The van der Waals surface area contributed by atoms with Crippen molar-refractivity contribution in [3.8, 4) is 5.75 Å². The second-order valence-corrected chi connectivity index (χ2v) is 7.33. The first-order valence-electron chi connectivity index (χ1n) is 9.70. The van der Waals surface area contributed by atoms with Gasteiger partial charge in [-0.25, -0.2) is 4.39 Å². The van der Waals surface area contributed by atoms with Crippen LogP contribution in [-0.4, -0.2) is 36.6 Å². The summed E-state index contributed by atoms with van der Waals surface area (Å²) in [4.78, 5) is 14.8. The predicted molar refractivity (Wildman–Crippen MR) is 112 cm³/mol. The minimum atomic E-state index is -0.302. The van der Waals surface area contributed by atoms with Crippen molar-refractivity contribution >= 4 is 5.91 Å². The number of nitrogens with zero attached hydrogens (tertiary/aromatic N) is 2. The number of nitrogens with one attached hydrogen (secondary N) is 1. The molecule has 0 bridgehead atoms. The van der Waals surface area contributed by atoms with Gasteiger partial charge in [-0.3, -0.25) is 4.79 Å². The van der Waals surface area contributed by atoms with Crippen LogP contribution in [0.15, 0.2) is 53.1 Å². The van der Waals surface area contributed by atoms with Gasteiger partial charge in [-0.05, 0) is 57.8 Å². The number of hydrogen-bond donors (Lipinski definition) is 1. The average Bonchev–Trinajstić information content (AvgIpc) is 3.04. The number of amides is 1. The van der Waals surface area contributed by atoms with Gasteiger partial charge < -0.3 is 19.5 Å². The Balaban J connectivity index is 1.70. The van der Waals surface area contributed by atoms with Gasteiger partial charge in [-0.2, -0.15) is 0 Å². The fraction of sp³-hybridized carbons (Fsp3) is 0.304. The molecule has 0 saturated carbocycles. The molecule has 7 heteroatoms. The summed E-state index contributed by atoms with van der Waals surface area (Å²) in [6.45, 7) is 4.26. The molecule has 3 aromatic rings. The zero-order chi connectivity index (χ0) is 21.7. The lowest BCUT2D eigenvalue weighted by molar-refractivity contribution is 0.0937. The molecule has 0 fully saturated rings. The number of ether oxygens (including phenoxy) is 1. The minimum Gasteiger partial charge on any atom is -0.488 e. The third-order valence-electron chi connectivity index (χ3n) is 5.00. The molecule has 1 aromatic heterocycles. The van der Waals surface area contributed by atoms with Crippen LogP contribution in [0.2, 0.25) is 0 Å². The Morgan fingerprint density at radius 1 is 1.20 bits per heavy atom. The van der Waals surface area contributed by atoms with Crippen LogP contribution in [0, 0.1) is 19.7 Å². The van der Waals surface area contributed by atoms with E-state index in [9.17, 15) is 9.18 Å². The van der Waals surface area contributed by atoms with Gasteiger partial charge in [-0.15, -0.1) is 0 Å². The molecule has 0 radical (unpaired) electrons. The quantitative estimate of drug-likeness (QED) is 0.606. The van der Waals surface area contributed by atoms with E-state index in [1.165, 1.54) is 12.1 Å². The first-order valence-corrected chi connectivity index (χ1v) is 9.70. The number of halogens is 1. The number of carbonyl (C=O) groups excluding carboxylic acids is 1. The Kier molecular flexibility index (Phi) is 6.84. The van der Waals surface area contributed by atoms with E-state index < -0.39 is 0 Å². The summed E-state index contributed by atoms with van der Waals surface area (Å²) in [5.74, 6) is 0.608. The lowest BCUT2D eigenvalue weighted by Crippen LogP contribution is -2.34. The largest absolute Gasteiger partial charge is 0.488 e. The van der Waals surface area contributed by atoms with Crippen molar-refractivity contribution in [2.24, 2.45) is 0 Å². The summed E-state index contributed by atoms with van der Waals surface area (Å²) in [5.41, 5.74) is 2.85. The highest BCUT2D eigenvalue weighted by atomic mass is 19.1. The molecule has 2 aromatic carbocycles. The van der Waals surface area contributed by atoms with Gasteiger partial charge in [-0.1, -0.05) is 29.4 Å². The van der Waals surface area contributed by atoms with Crippen molar-refractivity contribution in [2.45, 2.75) is 26.5 Å². The second kappa shape index (κ2) is 9.54. The van der Waals surface area contributed by atoms with Crippen LogP contribution in [0.25, 0.3) is 0 Å². The first-order chi connectivity index (χ1) is 14.4. The maximum Gasteiger partial charge on any atom is 0.255 e. The van der Waals surface area contributed by atoms with E-state index in [0.29, 0.717) is 23.6 Å². The maximum absolute atomic E-state index is 13.6. The monoisotopic (exact) mass is 411 g/mol. The smallest absolute Gasteiger partial charge is 0.255 e. The molecule has 0 aliphatic carbocycles. The van der Waals surface area contributed by atoms with E-state index in [4.69, 9.17) is 9.26 Å². The van der Waals surface area contributed by atoms with Crippen molar-refractivity contribution in [3.05, 3.63) is 82.5 Å². The van der Waals surface area contributed by atoms with Gasteiger partial charge in [0.25, 0.3) is 5.91 Å². The van der Waals surface area contributed by atoms with Crippen LogP contribution in [0.1, 0.15) is 39.0 Å². The maximum atomic E-state index is 13.6. The Hall–Kier alpha value is -3.19. The van der Waals surface area contributed by atoms with E-state index in [2.05, 4.69) is 10.5 Å². The summed E-state index contributed by atoms with van der Waals surface area (Å²) < 4.78 is 24.7. The molecule has 1 N–H and O–H groups in total. The van der Waals surface area contributed by atoms with Crippen LogP contribution in [0.3, 0.4) is 0 Å². The Bertz CT molecular complexity index is 997. The number of carbonyl (C=O) groups is 1. The third-order valence-corrected chi connectivity index (χ3v) is 5.00. The summed E-state index contributed by atoms with van der Waals surface area (Å²) in [6, 6.07) is 13.3. The van der Waals surface area contributed by atoms with E-state index in [-0.39, 0.29) is 24.4 Å². The number of rotatable bonds is 8. The number of aryl methyl sites for hydroxylation is 2. The molecule has 0 spiro atoms. The van der Waals surface area contributed by atoms with Crippen LogP contribution in [-0.2, 0) is 6.61 Å². The molecule has 30 heavy (non-hydrogen) atoms. The van der Waals surface area contributed by atoms with Gasteiger partial charge in [0.15, 0.2) is 0 Å². The Labute approximate surface area is 175 Å². The van der Waals surface area contributed by atoms with Crippen LogP contribution < -0.4 is 10.1 Å². The Morgan fingerprint density at radius 3 is 2.63 bits per heavy atom. The number of para-hydroxylation sites is 1. The van der Waals surface area contributed by atoms with Crippen molar-refractivity contribution in [1.82, 2.24) is 15.4 Å². The lowest BCUT2D eigenvalue weighted by Gasteiger charge is -2.25. The highest BCUT2D eigenvalue weighted by Gasteiger charge is 2.19. The van der Waals surface area contributed by atoms with Gasteiger partial charge in [0.05, 0.1) is 22.9 Å². The molecule has 1 amide bonds. The molecular formula is C23H26FN3O3. The SMILES string of the molecule is Cc1noc(C)c1COc1ccccc1C(=O)NCC(c1cccc(F)c1)N(C)C. The highest BCUT2D eigenvalue weighted by molar-refractivity contribution is 5.96. The molecule has 1 atom stereocenters. The molecule has 1 unspecified atom stereocenters. The Morgan fingerprint density at radius 2 is 1.97 bits per heavy atom. The van der Waals surface area contributed by atoms with Crippen LogP contribution in [0.5, 0.6) is 5.75 Å². The number of benzene rings is 2. The van der Waals surface area contributed by atoms with Gasteiger partial charge in [0, 0.05) is 6.54 Å². The molecule has 158 valence electrons. The van der Waals surface area contributed by atoms with Gasteiger partial charge in [0.2, 0.25) is 0 Å². The fourth-order valence-corrected chi connectivity index (χ4v) is 3.23. The van der Waals surface area contributed by atoms with Crippen molar-refractivity contribution in [3.63, 3.8) is 0 Å². The van der Waals surface area contributed by atoms with Crippen molar-refractivity contribution in [2.75, 3.05) is 20.6 Å². The highest BCUT2D eigenvalue weighted by Crippen LogP contribution is 2.23. The van der Waals surface area contributed by atoms with E-state index in [1.807, 2.05) is 45.0 Å². The number of likely N-dealkylation sites (N-methyl/N-ethyl adjacent to an activating group) is 1. The van der Waals surface area contributed by atoms with E-state index >= 15 is 0 Å². The summed E-state index contributed by atoms with van der Waals surface area (Å²) in [6.07, 6.45) is 0. The van der Waals surface area contributed by atoms with Crippen molar-refractivity contribution in [1.29, 1.82) is 0 Å². The normalized spacial score (nSPS) is 12.1. The van der Waals surface area contributed by atoms with Gasteiger partial charge in [0.1, 0.15) is 23.9 Å². The van der Waals surface area contributed by atoms with E-state index in [0.717, 1.165) is 16.8 Å². The molecule has 6 nitrogen and oxygen atoms in total. The zero-order valence-electron chi connectivity index (χ0n) is 17.6. The molecule has 1 heterocycles. The predicted octanol–water partition coefficient (Wildman–Crippen LogP) is 4.04. The number of aromatic nitrogens is 1. The summed E-state index contributed by atoms with van der Waals surface area (Å²) in [7, 11) is 3.78. The minimum absolute atomic E-state index is 0.167. The second-order valence-electron chi connectivity index (χ2n) is 7.33. The van der Waals surface area contributed by atoms with E-state index in [1.54, 1.807) is 24.3 Å². The molecule has 0 saturated heterocycles. The molecule has 0 aliphatic heterocycles. The van der Waals surface area contributed by atoms with Crippen LogP contribution in [0.4, 0.5) is 4.39 Å². The summed E-state index contributed by atoms with van der Waals surface area (Å²) in [5, 5.41) is 6.86. The molecule has 0 aliphatic rings. The lowest BCUT2D eigenvalue weighted by atomic mass is 10.1. The fourth-order valence-electron chi connectivity index (χ4n) is 3.23.